The molecule has 1 aromatic heterocycles. The summed E-state index contributed by atoms with van der Waals surface area (Å²) < 4.78 is 8.22. The second-order valence-corrected chi connectivity index (χ2v) is 6.20. The molecule has 2 aromatic rings. The summed E-state index contributed by atoms with van der Waals surface area (Å²) in [5.41, 5.74) is 2.15. The number of benzene rings is 1. The summed E-state index contributed by atoms with van der Waals surface area (Å²) in [4.78, 5) is 4.37. The van der Waals surface area contributed by atoms with Crippen LogP contribution in [0.1, 0.15) is 11.3 Å². The van der Waals surface area contributed by atoms with Crippen molar-refractivity contribution in [3.63, 3.8) is 0 Å². The van der Waals surface area contributed by atoms with E-state index >= 15 is 0 Å². The Morgan fingerprint density at radius 3 is 2.65 bits per heavy atom. The van der Waals surface area contributed by atoms with Gasteiger partial charge in [0.1, 0.15) is 5.76 Å². The lowest BCUT2D eigenvalue weighted by molar-refractivity contribution is 0.533. The summed E-state index contributed by atoms with van der Waals surface area (Å²) >= 11 is 8.95. The molecule has 0 radical (unpaired) electrons. The van der Waals surface area contributed by atoms with Gasteiger partial charge < -0.3 is 4.42 Å². The molecule has 0 fully saturated rings. The lowest BCUT2D eigenvalue weighted by atomic mass is 10.2. The molecule has 0 aliphatic heterocycles. The normalized spacial score (nSPS) is 11.3. The molecule has 0 saturated heterocycles. The van der Waals surface area contributed by atoms with Gasteiger partial charge >= 0.3 is 0 Å². The zero-order valence-electron chi connectivity index (χ0n) is 8.88. The number of aliphatic imine (C=N–C) groups is 1. The third kappa shape index (κ3) is 3.42. The summed E-state index contributed by atoms with van der Waals surface area (Å²) in [6.45, 7) is 2.07. The maximum Gasteiger partial charge on any atom is 0.184 e. The SMILES string of the molecule is Cc1cc(N=Cc2cc(Br)c(Br)o2)ccc1I. The van der Waals surface area contributed by atoms with Crippen LogP contribution in [0.25, 0.3) is 0 Å². The number of halogens is 3. The van der Waals surface area contributed by atoms with Gasteiger partial charge in [0, 0.05) is 9.64 Å². The number of furan rings is 1. The molecule has 0 bridgehead atoms. The molecule has 0 aliphatic carbocycles. The van der Waals surface area contributed by atoms with Crippen molar-refractivity contribution < 1.29 is 4.42 Å². The molecular weight excluding hydrogens is 461 g/mol. The van der Waals surface area contributed by atoms with E-state index in [0.717, 1.165) is 10.2 Å². The van der Waals surface area contributed by atoms with E-state index in [2.05, 4.69) is 72.4 Å². The van der Waals surface area contributed by atoms with Crippen molar-refractivity contribution in [2.45, 2.75) is 6.92 Å². The third-order valence-corrected chi connectivity index (χ3v) is 5.07. The first-order valence-electron chi connectivity index (χ1n) is 4.81. The van der Waals surface area contributed by atoms with E-state index in [4.69, 9.17) is 4.42 Å². The van der Waals surface area contributed by atoms with Gasteiger partial charge in [0.05, 0.1) is 16.4 Å². The molecule has 0 atom stereocenters. The molecule has 0 spiro atoms. The highest BCUT2D eigenvalue weighted by Crippen LogP contribution is 2.26. The smallest absolute Gasteiger partial charge is 0.184 e. The monoisotopic (exact) mass is 467 g/mol. The summed E-state index contributed by atoms with van der Waals surface area (Å²) in [5, 5.41) is 0. The van der Waals surface area contributed by atoms with Gasteiger partial charge in [-0.2, -0.15) is 0 Å². The molecule has 0 N–H and O–H groups in total. The van der Waals surface area contributed by atoms with E-state index in [1.54, 1.807) is 6.21 Å². The molecule has 2 rings (SSSR count). The van der Waals surface area contributed by atoms with Crippen LogP contribution in [-0.4, -0.2) is 6.21 Å². The lowest BCUT2D eigenvalue weighted by Gasteiger charge is -1.98. The highest BCUT2D eigenvalue weighted by Gasteiger charge is 2.03. The number of nitrogens with zero attached hydrogens (tertiary/aromatic N) is 1. The van der Waals surface area contributed by atoms with E-state index in [0.29, 0.717) is 10.4 Å². The van der Waals surface area contributed by atoms with Gasteiger partial charge in [0.25, 0.3) is 0 Å². The first-order chi connectivity index (χ1) is 8.06. The van der Waals surface area contributed by atoms with Crippen LogP contribution in [-0.2, 0) is 0 Å². The largest absolute Gasteiger partial charge is 0.447 e. The predicted octanol–water partition coefficient (Wildman–Crippen LogP) is 5.47. The molecule has 17 heavy (non-hydrogen) atoms. The fourth-order valence-corrected chi connectivity index (χ4v) is 2.22. The van der Waals surface area contributed by atoms with Crippen molar-refractivity contribution >= 4 is 66.4 Å². The second kappa shape index (κ2) is 5.67. The fraction of sp³-hybridized carbons (Fsp3) is 0.0833. The van der Waals surface area contributed by atoms with E-state index in [1.165, 1.54) is 9.13 Å². The highest BCUT2D eigenvalue weighted by atomic mass is 127. The molecule has 0 saturated carbocycles. The van der Waals surface area contributed by atoms with Crippen molar-refractivity contribution in [3.05, 3.63) is 48.3 Å². The van der Waals surface area contributed by atoms with Crippen LogP contribution in [0.3, 0.4) is 0 Å². The first-order valence-corrected chi connectivity index (χ1v) is 7.48. The van der Waals surface area contributed by atoms with Crippen molar-refractivity contribution in [2.75, 3.05) is 0 Å². The Hall–Kier alpha value is -0.140. The number of hydrogen-bond donors (Lipinski definition) is 0. The molecule has 2 nitrogen and oxygen atoms in total. The third-order valence-electron chi connectivity index (χ3n) is 2.15. The number of hydrogen-bond acceptors (Lipinski definition) is 2. The van der Waals surface area contributed by atoms with Crippen LogP contribution in [0.15, 0.2) is 42.8 Å². The van der Waals surface area contributed by atoms with Crippen molar-refractivity contribution in [3.8, 4) is 0 Å². The average Bonchev–Trinajstić information content (AvgIpc) is 2.60. The Labute approximate surface area is 130 Å². The summed E-state index contributed by atoms with van der Waals surface area (Å²) in [5.74, 6) is 0.708. The fourth-order valence-electron chi connectivity index (χ4n) is 1.27. The Morgan fingerprint density at radius 1 is 1.29 bits per heavy atom. The Kier molecular flexibility index (Phi) is 4.43. The highest BCUT2D eigenvalue weighted by molar-refractivity contribution is 14.1. The van der Waals surface area contributed by atoms with Crippen molar-refractivity contribution in [1.82, 2.24) is 0 Å². The van der Waals surface area contributed by atoms with Crippen LogP contribution in [0, 0.1) is 10.5 Å². The molecule has 5 heteroatoms. The Bertz CT molecular complexity index is 558. The second-order valence-electron chi connectivity index (χ2n) is 3.46. The zero-order valence-corrected chi connectivity index (χ0v) is 14.2. The van der Waals surface area contributed by atoms with Gasteiger partial charge in [-0.15, -0.1) is 0 Å². The topological polar surface area (TPSA) is 25.5 Å². The van der Waals surface area contributed by atoms with Gasteiger partial charge in [0.15, 0.2) is 4.67 Å². The maximum absolute atomic E-state index is 5.41. The van der Waals surface area contributed by atoms with Gasteiger partial charge in [-0.05, 0) is 85.1 Å². The van der Waals surface area contributed by atoms with E-state index < -0.39 is 0 Å². The number of aryl methyl sites for hydroxylation is 1. The lowest BCUT2D eigenvalue weighted by Crippen LogP contribution is -1.79. The molecule has 88 valence electrons. The van der Waals surface area contributed by atoms with Crippen LogP contribution in [0.5, 0.6) is 0 Å². The minimum atomic E-state index is 0.678. The van der Waals surface area contributed by atoms with E-state index in [9.17, 15) is 0 Å². The first kappa shape index (κ1) is 13.3. The van der Waals surface area contributed by atoms with Gasteiger partial charge in [-0.1, -0.05) is 0 Å². The van der Waals surface area contributed by atoms with Crippen molar-refractivity contribution in [1.29, 1.82) is 0 Å². The van der Waals surface area contributed by atoms with Crippen LogP contribution < -0.4 is 0 Å². The van der Waals surface area contributed by atoms with Gasteiger partial charge in [0.2, 0.25) is 0 Å². The van der Waals surface area contributed by atoms with E-state index in [-0.39, 0.29) is 0 Å². The van der Waals surface area contributed by atoms with Crippen LogP contribution in [0.2, 0.25) is 0 Å². The minimum Gasteiger partial charge on any atom is -0.447 e. The summed E-state index contributed by atoms with van der Waals surface area (Å²) in [7, 11) is 0. The van der Waals surface area contributed by atoms with Gasteiger partial charge in [-0.3, -0.25) is 4.99 Å². The molecule has 1 aromatic carbocycles. The Balaban J connectivity index is 2.22. The Morgan fingerprint density at radius 2 is 2.06 bits per heavy atom. The quantitative estimate of drug-likeness (QED) is 0.424. The van der Waals surface area contributed by atoms with Crippen LogP contribution in [0.4, 0.5) is 5.69 Å². The van der Waals surface area contributed by atoms with E-state index in [1.807, 2.05) is 18.2 Å². The molecular formula is C12H8Br2INO. The average molecular weight is 469 g/mol. The predicted molar refractivity (Wildman–Crippen MR) is 85.3 cm³/mol. The van der Waals surface area contributed by atoms with Crippen LogP contribution >= 0.6 is 54.5 Å². The molecule has 0 amide bonds. The summed E-state index contributed by atoms with van der Waals surface area (Å²) in [6, 6.07) is 7.95. The molecule has 1 heterocycles. The molecule has 0 unspecified atom stereocenters. The number of rotatable bonds is 2. The standard InChI is InChI=1S/C12H8Br2INO/c1-7-4-8(2-3-11(7)15)16-6-9-5-10(13)12(14)17-9/h2-6H,1H3. The van der Waals surface area contributed by atoms with Gasteiger partial charge in [-0.25, -0.2) is 0 Å². The summed E-state index contributed by atoms with van der Waals surface area (Å²) in [6.07, 6.45) is 1.71. The zero-order chi connectivity index (χ0) is 12.4. The maximum atomic E-state index is 5.41. The van der Waals surface area contributed by atoms with Crippen molar-refractivity contribution in [2.24, 2.45) is 4.99 Å². The minimum absolute atomic E-state index is 0.678. The molecule has 0 aliphatic rings.